The van der Waals surface area contributed by atoms with Crippen molar-refractivity contribution in [2.24, 2.45) is 15.0 Å². The molecule has 0 aliphatic carbocycles. The summed E-state index contributed by atoms with van der Waals surface area (Å²) in [7, 11) is 0. The normalized spacial score (nSPS) is 7.64. The van der Waals surface area contributed by atoms with Crippen molar-refractivity contribution in [2.75, 3.05) is 0 Å². The summed E-state index contributed by atoms with van der Waals surface area (Å²) in [5.41, 5.74) is 1.94. The molecule has 0 radical (unpaired) electrons. The predicted molar refractivity (Wildman–Crippen MR) is 135 cm³/mol. The van der Waals surface area contributed by atoms with Gasteiger partial charge in [0.15, 0.2) is 0 Å². The first kappa shape index (κ1) is 31.0. The Morgan fingerprint density at radius 1 is 0.455 bits per heavy atom. The molecule has 172 valence electrons. The number of isocyanates is 3. The molecule has 0 saturated carbocycles. The second-order valence-electron chi connectivity index (χ2n) is 6.03. The topological polar surface area (TPSA) is 88.3 Å². The molecule has 0 aliphatic heterocycles. The van der Waals surface area contributed by atoms with Gasteiger partial charge >= 0.3 is 0 Å². The zero-order valence-electron chi connectivity index (χ0n) is 19.6. The lowest BCUT2D eigenvalue weighted by Crippen LogP contribution is -1.59. The van der Waals surface area contributed by atoms with Crippen LogP contribution in [0.5, 0.6) is 0 Å². The fourth-order valence-electron chi connectivity index (χ4n) is 1.67. The zero-order valence-corrected chi connectivity index (χ0v) is 19.6. The zero-order chi connectivity index (χ0) is 25.0. The highest BCUT2D eigenvalue weighted by atomic mass is 16.1. The third kappa shape index (κ3) is 22.3. The van der Waals surface area contributed by atoms with E-state index in [0.717, 1.165) is 0 Å². The number of carbonyl (C=O) groups excluding carboxylic acids is 3. The van der Waals surface area contributed by atoms with Crippen molar-refractivity contribution in [3.63, 3.8) is 0 Å². The van der Waals surface area contributed by atoms with Crippen LogP contribution in [-0.4, -0.2) is 18.2 Å². The summed E-state index contributed by atoms with van der Waals surface area (Å²) in [6.07, 6.45) is 6.88. The molecule has 0 spiro atoms. The fraction of sp³-hybridized carbons (Fsp3) is 0.222. The quantitative estimate of drug-likeness (QED) is 0.304. The largest absolute Gasteiger partial charge is 0.240 e. The lowest BCUT2D eigenvalue weighted by atomic mass is 10.3. The summed E-state index contributed by atoms with van der Waals surface area (Å²) in [5, 5.41) is 0. The highest BCUT2D eigenvalue weighted by Crippen LogP contribution is 2.08. The highest BCUT2D eigenvalue weighted by Gasteiger charge is 1.81. The van der Waals surface area contributed by atoms with Gasteiger partial charge in [-0.05, 0) is 36.4 Å². The maximum absolute atomic E-state index is 9.68. The van der Waals surface area contributed by atoms with E-state index in [2.05, 4.69) is 42.7 Å². The van der Waals surface area contributed by atoms with E-state index < -0.39 is 0 Å². The van der Waals surface area contributed by atoms with E-state index in [4.69, 9.17) is 0 Å². The molecule has 33 heavy (non-hydrogen) atoms. The van der Waals surface area contributed by atoms with Crippen LogP contribution in [0.3, 0.4) is 0 Å². The molecule has 3 rings (SSSR count). The number of benzene rings is 3. The van der Waals surface area contributed by atoms with Crippen LogP contribution in [0.4, 0.5) is 17.1 Å². The molecule has 0 bridgehead atoms. The van der Waals surface area contributed by atoms with E-state index in [0.29, 0.717) is 17.1 Å². The van der Waals surface area contributed by atoms with Crippen LogP contribution in [0, 0.1) is 0 Å². The maximum Gasteiger partial charge on any atom is 0.240 e. The van der Waals surface area contributed by atoms with Gasteiger partial charge in [-0.2, -0.15) is 15.0 Å². The summed E-state index contributed by atoms with van der Waals surface area (Å²) in [6, 6.07) is 26.9. The van der Waals surface area contributed by atoms with Crippen molar-refractivity contribution < 1.29 is 14.4 Å². The first-order valence-corrected chi connectivity index (χ1v) is 10.5. The third-order valence-corrected chi connectivity index (χ3v) is 2.79. The fourth-order valence-corrected chi connectivity index (χ4v) is 1.67. The smallest absolute Gasteiger partial charge is 0.211 e. The van der Waals surface area contributed by atoms with Gasteiger partial charge in [-0.25, -0.2) is 14.4 Å². The van der Waals surface area contributed by atoms with Gasteiger partial charge in [0.05, 0.1) is 17.1 Å². The second kappa shape index (κ2) is 25.8. The lowest BCUT2D eigenvalue weighted by molar-refractivity contribution is 0.564. The molecule has 3 aromatic rings. The van der Waals surface area contributed by atoms with Gasteiger partial charge in [-0.3, -0.25) is 0 Å². The Morgan fingerprint density at radius 3 is 0.788 bits per heavy atom. The summed E-state index contributed by atoms with van der Waals surface area (Å²) in [6.45, 7) is 8.50. The van der Waals surface area contributed by atoms with Gasteiger partial charge in [0, 0.05) is 0 Å². The summed E-state index contributed by atoms with van der Waals surface area (Å²) in [5.74, 6) is 0. The van der Waals surface area contributed by atoms with E-state index in [-0.39, 0.29) is 0 Å². The van der Waals surface area contributed by atoms with Crippen LogP contribution in [-0.2, 0) is 14.4 Å². The molecule has 0 atom stereocenters. The first-order valence-electron chi connectivity index (χ1n) is 10.5. The standard InChI is InChI=1S/3C7H5NO.2C3H8/c3*9-6-8-7-4-2-1-3-5-7;2*1-3-2/h3*1-5H;2*3H2,1-2H3. The van der Waals surface area contributed by atoms with Gasteiger partial charge in [-0.15, -0.1) is 0 Å². The average molecular weight is 446 g/mol. The molecule has 0 amide bonds. The monoisotopic (exact) mass is 445 g/mol. The van der Waals surface area contributed by atoms with Crippen molar-refractivity contribution in [3.05, 3.63) is 91.0 Å². The number of hydrogen-bond acceptors (Lipinski definition) is 6. The van der Waals surface area contributed by atoms with Crippen LogP contribution in [0.15, 0.2) is 106 Å². The molecular weight excluding hydrogens is 414 g/mol. The van der Waals surface area contributed by atoms with Crippen molar-refractivity contribution in [3.8, 4) is 0 Å². The van der Waals surface area contributed by atoms with Crippen LogP contribution in [0.25, 0.3) is 0 Å². The molecule has 0 saturated heterocycles. The number of aliphatic imine (C=N–C) groups is 3. The Hall–Kier alpha value is -4.20. The molecule has 0 aliphatic rings. The third-order valence-electron chi connectivity index (χ3n) is 2.79. The van der Waals surface area contributed by atoms with Crippen molar-refractivity contribution in [2.45, 2.75) is 40.5 Å². The van der Waals surface area contributed by atoms with E-state index in [1.165, 1.54) is 31.1 Å². The predicted octanol–water partition coefficient (Wildman–Crippen LogP) is 7.79. The van der Waals surface area contributed by atoms with E-state index >= 15 is 0 Å². The second-order valence-corrected chi connectivity index (χ2v) is 6.03. The molecule has 3 aromatic carbocycles. The van der Waals surface area contributed by atoms with E-state index in [1.54, 1.807) is 36.4 Å². The SMILES string of the molecule is CCC.CCC.O=C=Nc1ccccc1.O=C=Nc1ccccc1.O=C=Nc1ccccc1. The minimum atomic E-state index is 0.646. The van der Waals surface area contributed by atoms with Crippen LogP contribution < -0.4 is 0 Å². The van der Waals surface area contributed by atoms with Crippen LogP contribution in [0.2, 0.25) is 0 Å². The molecule has 0 N–H and O–H groups in total. The highest BCUT2D eigenvalue weighted by molar-refractivity contribution is 5.49. The average Bonchev–Trinajstić information content (AvgIpc) is 2.84. The van der Waals surface area contributed by atoms with Gasteiger partial charge in [-0.1, -0.05) is 95.1 Å². The van der Waals surface area contributed by atoms with Gasteiger partial charge in [0.1, 0.15) is 0 Å². The number of para-hydroxylation sites is 3. The van der Waals surface area contributed by atoms with Crippen molar-refractivity contribution in [1.82, 2.24) is 0 Å². The number of rotatable bonds is 3. The first-order chi connectivity index (χ1) is 16.1. The lowest BCUT2D eigenvalue weighted by Gasteiger charge is -1.83. The van der Waals surface area contributed by atoms with Gasteiger partial charge < -0.3 is 0 Å². The maximum atomic E-state index is 9.68. The molecule has 0 unspecified atom stereocenters. The molecule has 0 heterocycles. The van der Waals surface area contributed by atoms with Crippen molar-refractivity contribution >= 4 is 35.3 Å². The van der Waals surface area contributed by atoms with Gasteiger partial charge in [0.2, 0.25) is 18.2 Å². The number of hydrogen-bond donors (Lipinski definition) is 0. The molecule has 6 nitrogen and oxygen atoms in total. The summed E-state index contributed by atoms with van der Waals surface area (Å²) >= 11 is 0. The Bertz CT molecular complexity index is 830. The van der Waals surface area contributed by atoms with E-state index in [1.807, 2.05) is 54.6 Å². The van der Waals surface area contributed by atoms with Crippen LogP contribution >= 0.6 is 0 Å². The minimum Gasteiger partial charge on any atom is -0.211 e. The van der Waals surface area contributed by atoms with E-state index in [9.17, 15) is 14.4 Å². The summed E-state index contributed by atoms with van der Waals surface area (Å²) in [4.78, 5) is 39.3. The Balaban J connectivity index is 0. The van der Waals surface area contributed by atoms with Crippen LogP contribution in [0.1, 0.15) is 40.5 Å². The Labute approximate surface area is 196 Å². The van der Waals surface area contributed by atoms with Crippen molar-refractivity contribution in [1.29, 1.82) is 0 Å². The number of nitrogens with zero attached hydrogens (tertiary/aromatic N) is 3. The minimum absolute atomic E-state index is 0.646. The molecular formula is C27H31N3O3. The summed E-state index contributed by atoms with van der Waals surface area (Å²) < 4.78 is 0. The Morgan fingerprint density at radius 2 is 0.636 bits per heavy atom. The molecule has 0 aromatic heterocycles. The Kier molecular flexibility index (Phi) is 24.3. The molecule has 0 fully saturated rings. The molecule has 6 heteroatoms. The van der Waals surface area contributed by atoms with Gasteiger partial charge in [0.25, 0.3) is 0 Å².